The van der Waals surface area contributed by atoms with Gasteiger partial charge in [0.15, 0.2) is 11.6 Å². The summed E-state index contributed by atoms with van der Waals surface area (Å²) in [4.78, 5) is 18.9. The molecule has 0 spiro atoms. The van der Waals surface area contributed by atoms with Crippen LogP contribution in [0.3, 0.4) is 0 Å². The number of nitrogens with one attached hydrogen (secondary N) is 1. The number of hydrazone groups is 1. The highest BCUT2D eigenvalue weighted by atomic mass is 16.6. The first kappa shape index (κ1) is 17.0. The Morgan fingerprint density at radius 2 is 1.88 bits per heavy atom. The van der Waals surface area contributed by atoms with Crippen LogP contribution in [0.1, 0.15) is 11.3 Å². The molecule has 0 bridgehead atoms. The van der Waals surface area contributed by atoms with E-state index in [1.165, 1.54) is 18.3 Å². The quantitative estimate of drug-likeness (QED) is 0.414. The van der Waals surface area contributed by atoms with Crippen molar-refractivity contribution in [1.82, 2.24) is 9.97 Å². The summed E-state index contributed by atoms with van der Waals surface area (Å²) < 4.78 is 0. The van der Waals surface area contributed by atoms with E-state index in [-0.39, 0.29) is 11.4 Å². The molecule has 0 radical (unpaired) electrons. The zero-order valence-corrected chi connectivity index (χ0v) is 13.8. The minimum atomic E-state index is -0.455. The van der Waals surface area contributed by atoms with Crippen LogP contribution in [-0.2, 0) is 0 Å². The maximum Gasteiger partial charge on any atom is 0.269 e. The zero-order valence-electron chi connectivity index (χ0n) is 13.8. The van der Waals surface area contributed by atoms with Crippen molar-refractivity contribution in [3.05, 3.63) is 76.0 Å². The van der Waals surface area contributed by atoms with E-state index in [1.54, 1.807) is 42.5 Å². The average molecular weight is 349 g/mol. The van der Waals surface area contributed by atoms with Gasteiger partial charge in [-0.1, -0.05) is 12.1 Å². The minimum Gasteiger partial charge on any atom is -0.507 e. The molecule has 2 aromatic carbocycles. The van der Waals surface area contributed by atoms with Crippen LogP contribution in [0.15, 0.2) is 59.7 Å². The lowest BCUT2D eigenvalue weighted by Crippen LogP contribution is -1.99. The number of aromatic hydroxyl groups is 1. The second-order valence-electron chi connectivity index (χ2n) is 5.45. The highest BCUT2D eigenvalue weighted by Crippen LogP contribution is 2.26. The number of nitro groups is 1. The van der Waals surface area contributed by atoms with Crippen LogP contribution in [0.4, 0.5) is 11.5 Å². The fraction of sp³-hybridized carbons (Fsp3) is 0.0556. The first-order valence-corrected chi connectivity index (χ1v) is 7.70. The molecule has 1 heterocycles. The van der Waals surface area contributed by atoms with Gasteiger partial charge in [0.2, 0.25) is 0 Å². The topological polar surface area (TPSA) is 114 Å². The van der Waals surface area contributed by atoms with Crippen LogP contribution in [0.2, 0.25) is 0 Å². The average Bonchev–Trinajstić information content (AvgIpc) is 2.62. The number of aromatic nitrogens is 2. The number of anilines is 1. The van der Waals surface area contributed by atoms with Gasteiger partial charge in [-0.25, -0.2) is 9.97 Å². The Morgan fingerprint density at radius 1 is 1.15 bits per heavy atom. The minimum absolute atomic E-state index is 0.0221. The van der Waals surface area contributed by atoms with E-state index < -0.39 is 4.92 Å². The van der Waals surface area contributed by atoms with E-state index in [9.17, 15) is 15.2 Å². The monoisotopic (exact) mass is 349 g/mol. The molecule has 26 heavy (non-hydrogen) atoms. The number of para-hydroxylation sites is 1. The predicted octanol–water partition coefficient (Wildman–Crippen LogP) is 3.51. The maximum atomic E-state index is 10.6. The smallest absolute Gasteiger partial charge is 0.269 e. The Hall–Kier alpha value is -3.81. The molecule has 8 nitrogen and oxygen atoms in total. The SMILES string of the molecule is Cc1cc(N/N=C/c2ccc([N+](=O)[O-])cc2)nc(-c2ccccc2O)n1. The van der Waals surface area contributed by atoms with Crippen molar-refractivity contribution in [3.63, 3.8) is 0 Å². The number of aryl methyl sites for hydroxylation is 1. The molecular formula is C18H15N5O3. The van der Waals surface area contributed by atoms with Gasteiger partial charge in [-0.2, -0.15) is 5.10 Å². The van der Waals surface area contributed by atoms with E-state index in [2.05, 4.69) is 20.5 Å². The van der Waals surface area contributed by atoms with Crippen molar-refractivity contribution < 1.29 is 10.0 Å². The molecule has 0 aliphatic carbocycles. The first-order chi connectivity index (χ1) is 12.5. The molecule has 0 saturated carbocycles. The van der Waals surface area contributed by atoms with Crippen molar-refractivity contribution in [2.24, 2.45) is 5.10 Å². The highest BCUT2D eigenvalue weighted by Gasteiger charge is 2.08. The number of non-ortho nitro benzene ring substituents is 1. The summed E-state index contributed by atoms with van der Waals surface area (Å²) in [6, 6.07) is 14.6. The number of rotatable bonds is 5. The molecule has 130 valence electrons. The number of benzene rings is 2. The van der Waals surface area contributed by atoms with Gasteiger partial charge >= 0.3 is 0 Å². The molecule has 1 aromatic heterocycles. The lowest BCUT2D eigenvalue weighted by Gasteiger charge is -2.07. The van der Waals surface area contributed by atoms with Gasteiger partial charge in [-0.15, -0.1) is 0 Å². The summed E-state index contributed by atoms with van der Waals surface area (Å²) in [5.41, 5.74) is 4.77. The van der Waals surface area contributed by atoms with Crippen molar-refractivity contribution >= 4 is 17.7 Å². The third-order valence-electron chi connectivity index (χ3n) is 3.50. The van der Waals surface area contributed by atoms with Gasteiger partial charge in [0.05, 0.1) is 16.7 Å². The molecular weight excluding hydrogens is 334 g/mol. The van der Waals surface area contributed by atoms with Crippen LogP contribution in [0, 0.1) is 17.0 Å². The van der Waals surface area contributed by atoms with E-state index in [0.717, 1.165) is 0 Å². The molecule has 0 saturated heterocycles. The lowest BCUT2D eigenvalue weighted by molar-refractivity contribution is -0.384. The van der Waals surface area contributed by atoms with Crippen LogP contribution < -0.4 is 5.43 Å². The molecule has 0 aliphatic rings. The van der Waals surface area contributed by atoms with Gasteiger partial charge in [-0.3, -0.25) is 15.5 Å². The summed E-state index contributed by atoms with van der Waals surface area (Å²) in [7, 11) is 0. The molecule has 0 fully saturated rings. The largest absolute Gasteiger partial charge is 0.507 e. The summed E-state index contributed by atoms with van der Waals surface area (Å²) in [5, 5.41) is 24.7. The Morgan fingerprint density at radius 3 is 2.58 bits per heavy atom. The van der Waals surface area contributed by atoms with Crippen molar-refractivity contribution in [3.8, 4) is 17.1 Å². The molecule has 0 amide bonds. The molecule has 0 aliphatic heterocycles. The second-order valence-corrected chi connectivity index (χ2v) is 5.45. The fourth-order valence-electron chi connectivity index (χ4n) is 2.26. The van der Waals surface area contributed by atoms with Crippen LogP contribution in [0.5, 0.6) is 5.75 Å². The van der Waals surface area contributed by atoms with Crippen LogP contribution in [-0.4, -0.2) is 26.2 Å². The molecule has 0 atom stereocenters. The summed E-state index contributed by atoms with van der Waals surface area (Å²) >= 11 is 0. The Labute approximate surface area is 149 Å². The van der Waals surface area contributed by atoms with Crippen molar-refractivity contribution in [2.75, 3.05) is 5.43 Å². The van der Waals surface area contributed by atoms with E-state index in [0.29, 0.717) is 28.5 Å². The van der Waals surface area contributed by atoms with Gasteiger partial charge < -0.3 is 5.11 Å². The normalized spacial score (nSPS) is 10.8. The molecule has 2 N–H and O–H groups in total. The van der Waals surface area contributed by atoms with Gasteiger partial charge in [-0.05, 0) is 36.8 Å². The van der Waals surface area contributed by atoms with Crippen LogP contribution >= 0.6 is 0 Å². The Kier molecular flexibility index (Phi) is 4.84. The molecule has 8 heteroatoms. The molecule has 3 aromatic rings. The third-order valence-corrected chi connectivity index (χ3v) is 3.50. The van der Waals surface area contributed by atoms with Crippen molar-refractivity contribution in [2.45, 2.75) is 6.92 Å². The number of phenolic OH excluding ortho intramolecular Hbond substituents is 1. The standard InChI is InChI=1S/C18H15N5O3/c1-12-10-17(21-18(20-12)15-4-2-3-5-16(15)24)22-19-11-13-6-8-14(9-7-13)23(25)26/h2-11,24H,1H3,(H,20,21,22)/b19-11+. The van der Waals surface area contributed by atoms with Gasteiger partial charge in [0, 0.05) is 23.9 Å². The van der Waals surface area contributed by atoms with Gasteiger partial charge in [0.1, 0.15) is 5.75 Å². The number of hydrogen-bond donors (Lipinski definition) is 2. The summed E-state index contributed by atoms with van der Waals surface area (Å²) in [6.07, 6.45) is 1.53. The molecule has 3 rings (SSSR count). The fourth-order valence-corrected chi connectivity index (χ4v) is 2.26. The van der Waals surface area contributed by atoms with E-state index in [4.69, 9.17) is 0 Å². The predicted molar refractivity (Wildman–Crippen MR) is 98.2 cm³/mol. The zero-order chi connectivity index (χ0) is 18.5. The Balaban J connectivity index is 1.78. The van der Waals surface area contributed by atoms with E-state index in [1.807, 2.05) is 6.92 Å². The highest BCUT2D eigenvalue weighted by molar-refractivity contribution is 5.80. The van der Waals surface area contributed by atoms with Crippen LogP contribution in [0.25, 0.3) is 11.4 Å². The summed E-state index contributed by atoms with van der Waals surface area (Å²) in [6.45, 7) is 1.82. The summed E-state index contributed by atoms with van der Waals surface area (Å²) in [5.74, 6) is 0.948. The Bertz CT molecular complexity index is 971. The number of nitro benzene ring substituents is 1. The van der Waals surface area contributed by atoms with Gasteiger partial charge in [0.25, 0.3) is 5.69 Å². The molecule has 0 unspecified atom stereocenters. The number of phenols is 1. The lowest BCUT2D eigenvalue weighted by atomic mass is 10.2. The maximum absolute atomic E-state index is 10.6. The first-order valence-electron chi connectivity index (χ1n) is 7.70. The number of hydrogen-bond acceptors (Lipinski definition) is 7. The third kappa shape index (κ3) is 3.99. The van der Waals surface area contributed by atoms with E-state index >= 15 is 0 Å². The second kappa shape index (κ2) is 7.39. The number of nitrogens with zero attached hydrogens (tertiary/aromatic N) is 4. The van der Waals surface area contributed by atoms with Crippen molar-refractivity contribution in [1.29, 1.82) is 0 Å².